The Balaban J connectivity index is 1.80. The summed E-state index contributed by atoms with van der Waals surface area (Å²) in [5.74, 6) is 0. The van der Waals surface area contributed by atoms with Crippen molar-refractivity contribution >= 4 is 21.6 Å². The standard InChI is InChI=1S/C18H18N2S/c1-2-8-14(13(7-1)15-9-5-6-12-19-15)18-20-16-10-3-4-11-17(16)21-18/h1-4,7-8,10-11,15,19H,5-6,9,12H2. The number of rotatable bonds is 2. The fourth-order valence-corrected chi connectivity index (χ4v) is 4.11. The van der Waals surface area contributed by atoms with Crippen LogP contribution in [0, 0.1) is 0 Å². The van der Waals surface area contributed by atoms with Crippen LogP contribution in [0.15, 0.2) is 48.5 Å². The van der Waals surface area contributed by atoms with Crippen molar-refractivity contribution in [3.05, 3.63) is 54.1 Å². The van der Waals surface area contributed by atoms with Crippen LogP contribution < -0.4 is 5.32 Å². The molecular weight excluding hydrogens is 276 g/mol. The van der Waals surface area contributed by atoms with Crippen LogP contribution in [0.3, 0.4) is 0 Å². The molecule has 0 amide bonds. The minimum Gasteiger partial charge on any atom is -0.310 e. The Labute approximate surface area is 128 Å². The average Bonchev–Trinajstić information content (AvgIpc) is 2.99. The minimum absolute atomic E-state index is 0.474. The Hall–Kier alpha value is -1.71. The van der Waals surface area contributed by atoms with Gasteiger partial charge in [0, 0.05) is 11.6 Å². The lowest BCUT2D eigenvalue weighted by atomic mass is 9.94. The van der Waals surface area contributed by atoms with Crippen molar-refractivity contribution in [2.24, 2.45) is 0 Å². The van der Waals surface area contributed by atoms with Crippen LogP contribution in [0.1, 0.15) is 30.9 Å². The monoisotopic (exact) mass is 294 g/mol. The van der Waals surface area contributed by atoms with Crippen molar-refractivity contribution in [1.29, 1.82) is 0 Å². The first kappa shape index (κ1) is 13.0. The topological polar surface area (TPSA) is 24.9 Å². The predicted molar refractivity (Wildman–Crippen MR) is 89.7 cm³/mol. The Morgan fingerprint density at radius 1 is 1.00 bits per heavy atom. The van der Waals surface area contributed by atoms with E-state index >= 15 is 0 Å². The highest BCUT2D eigenvalue weighted by atomic mass is 32.1. The molecule has 1 atom stereocenters. The molecule has 1 N–H and O–H groups in total. The van der Waals surface area contributed by atoms with Crippen LogP contribution in [0.5, 0.6) is 0 Å². The lowest BCUT2D eigenvalue weighted by molar-refractivity contribution is 0.413. The average molecular weight is 294 g/mol. The molecule has 1 aliphatic rings. The first-order chi connectivity index (χ1) is 10.4. The molecule has 3 heteroatoms. The second-order valence-electron chi connectivity index (χ2n) is 5.58. The minimum atomic E-state index is 0.474. The fourth-order valence-electron chi connectivity index (χ4n) is 3.10. The summed E-state index contributed by atoms with van der Waals surface area (Å²) in [6.07, 6.45) is 3.83. The van der Waals surface area contributed by atoms with E-state index in [0.29, 0.717) is 6.04 Å². The molecule has 1 unspecified atom stereocenters. The molecule has 0 saturated carbocycles. The van der Waals surface area contributed by atoms with Crippen molar-refractivity contribution in [3.63, 3.8) is 0 Å². The molecule has 2 heterocycles. The number of nitrogens with zero attached hydrogens (tertiary/aromatic N) is 1. The van der Waals surface area contributed by atoms with Crippen LogP contribution in [-0.4, -0.2) is 11.5 Å². The van der Waals surface area contributed by atoms with Gasteiger partial charge in [-0.05, 0) is 37.1 Å². The number of fused-ring (bicyclic) bond motifs is 1. The molecule has 3 aromatic rings. The van der Waals surface area contributed by atoms with E-state index in [0.717, 1.165) is 17.1 Å². The van der Waals surface area contributed by atoms with Gasteiger partial charge in [0.1, 0.15) is 5.01 Å². The molecule has 1 saturated heterocycles. The second kappa shape index (κ2) is 5.58. The van der Waals surface area contributed by atoms with Gasteiger partial charge >= 0.3 is 0 Å². The van der Waals surface area contributed by atoms with Gasteiger partial charge in [0.15, 0.2) is 0 Å². The second-order valence-corrected chi connectivity index (χ2v) is 6.61. The molecule has 0 bridgehead atoms. The number of para-hydroxylation sites is 1. The number of hydrogen-bond acceptors (Lipinski definition) is 3. The lowest BCUT2D eigenvalue weighted by Gasteiger charge is -2.25. The molecule has 0 aliphatic carbocycles. The third kappa shape index (κ3) is 2.47. The number of benzene rings is 2. The highest BCUT2D eigenvalue weighted by molar-refractivity contribution is 7.21. The maximum atomic E-state index is 4.83. The Kier molecular flexibility index (Phi) is 3.45. The molecule has 0 radical (unpaired) electrons. The van der Waals surface area contributed by atoms with E-state index in [2.05, 4.69) is 53.8 Å². The van der Waals surface area contributed by atoms with Crippen molar-refractivity contribution in [3.8, 4) is 10.6 Å². The summed E-state index contributed by atoms with van der Waals surface area (Å²) in [5.41, 5.74) is 3.79. The normalized spacial score (nSPS) is 19.0. The first-order valence-corrected chi connectivity index (χ1v) is 8.42. The molecule has 4 rings (SSSR count). The molecule has 1 aromatic heterocycles. The van der Waals surface area contributed by atoms with Crippen molar-refractivity contribution in [2.45, 2.75) is 25.3 Å². The molecule has 2 aromatic carbocycles. The molecule has 1 aliphatic heterocycles. The number of nitrogens with one attached hydrogen (secondary N) is 1. The van der Waals surface area contributed by atoms with Crippen LogP contribution in [-0.2, 0) is 0 Å². The Morgan fingerprint density at radius 2 is 1.86 bits per heavy atom. The van der Waals surface area contributed by atoms with Gasteiger partial charge in [0.05, 0.1) is 10.2 Å². The van der Waals surface area contributed by atoms with E-state index < -0.39 is 0 Å². The fraction of sp³-hybridized carbons (Fsp3) is 0.278. The first-order valence-electron chi connectivity index (χ1n) is 7.60. The molecule has 106 valence electrons. The molecule has 21 heavy (non-hydrogen) atoms. The van der Waals surface area contributed by atoms with E-state index in [1.54, 1.807) is 11.3 Å². The number of piperidine rings is 1. The SMILES string of the molecule is c1ccc(C2CCCCN2)c(-c2nc3ccccc3s2)c1. The summed E-state index contributed by atoms with van der Waals surface area (Å²) in [7, 11) is 0. The van der Waals surface area contributed by atoms with E-state index in [9.17, 15) is 0 Å². The Bertz CT molecular complexity index is 724. The lowest BCUT2D eigenvalue weighted by Crippen LogP contribution is -2.27. The van der Waals surface area contributed by atoms with Gasteiger partial charge in [-0.1, -0.05) is 42.8 Å². The molecule has 1 fully saturated rings. The van der Waals surface area contributed by atoms with E-state index in [1.165, 1.54) is 35.1 Å². The number of hydrogen-bond donors (Lipinski definition) is 1. The smallest absolute Gasteiger partial charge is 0.124 e. The summed E-state index contributed by atoms with van der Waals surface area (Å²) in [6, 6.07) is 17.6. The summed E-state index contributed by atoms with van der Waals surface area (Å²) >= 11 is 1.79. The van der Waals surface area contributed by atoms with Crippen LogP contribution in [0.25, 0.3) is 20.8 Å². The van der Waals surface area contributed by atoms with Crippen molar-refractivity contribution in [2.75, 3.05) is 6.54 Å². The third-order valence-corrected chi connectivity index (χ3v) is 5.24. The maximum absolute atomic E-state index is 4.83. The van der Waals surface area contributed by atoms with E-state index in [1.807, 2.05) is 0 Å². The predicted octanol–water partition coefficient (Wildman–Crippen LogP) is 4.78. The summed E-state index contributed by atoms with van der Waals surface area (Å²) < 4.78 is 1.26. The quantitative estimate of drug-likeness (QED) is 0.736. The summed E-state index contributed by atoms with van der Waals surface area (Å²) in [6.45, 7) is 1.12. The van der Waals surface area contributed by atoms with Crippen molar-refractivity contribution in [1.82, 2.24) is 10.3 Å². The van der Waals surface area contributed by atoms with Gasteiger partial charge in [0.2, 0.25) is 0 Å². The highest BCUT2D eigenvalue weighted by Crippen LogP contribution is 2.36. The zero-order valence-corrected chi connectivity index (χ0v) is 12.7. The van der Waals surface area contributed by atoms with Crippen LogP contribution >= 0.6 is 11.3 Å². The molecular formula is C18H18N2S. The maximum Gasteiger partial charge on any atom is 0.124 e. The van der Waals surface area contributed by atoms with Gasteiger partial charge in [-0.15, -0.1) is 11.3 Å². The number of aromatic nitrogens is 1. The summed E-state index contributed by atoms with van der Waals surface area (Å²) in [4.78, 5) is 4.83. The zero-order chi connectivity index (χ0) is 14.1. The summed E-state index contributed by atoms with van der Waals surface area (Å²) in [5, 5.41) is 4.79. The number of thiazole rings is 1. The van der Waals surface area contributed by atoms with Crippen LogP contribution in [0.4, 0.5) is 0 Å². The van der Waals surface area contributed by atoms with Crippen molar-refractivity contribution < 1.29 is 0 Å². The molecule has 2 nitrogen and oxygen atoms in total. The third-order valence-electron chi connectivity index (χ3n) is 4.17. The van der Waals surface area contributed by atoms with Gasteiger partial charge in [-0.2, -0.15) is 0 Å². The van der Waals surface area contributed by atoms with Gasteiger partial charge in [-0.3, -0.25) is 0 Å². The zero-order valence-electron chi connectivity index (χ0n) is 11.9. The van der Waals surface area contributed by atoms with Crippen LogP contribution in [0.2, 0.25) is 0 Å². The van der Waals surface area contributed by atoms with E-state index in [-0.39, 0.29) is 0 Å². The highest BCUT2D eigenvalue weighted by Gasteiger charge is 2.19. The molecule has 0 spiro atoms. The Morgan fingerprint density at radius 3 is 2.71 bits per heavy atom. The van der Waals surface area contributed by atoms with E-state index in [4.69, 9.17) is 4.98 Å². The van der Waals surface area contributed by atoms with Gasteiger partial charge in [-0.25, -0.2) is 4.98 Å². The van der Waals surface area contributed by atoms with Gasteiger partial charge in [0.25, 0.3) is 0 Å². The van der Waals surface area contributed by atoms with Gasteiger partial charge < -0.3 is 5.32 Å². The largest absolute Gasteiger partial charge is 0.310 e.